The van der Waals surface area contributed by atoms with Gasteiger partial charge in [-0.15, -0.1) is 0 Å². The summed E-state index contributed by atoms with van der Waals surface area (Å²) >= 11 is 0. The lowest BCUT2D eigenvalue weighted by Crippen LogP contribution is -2.28. The van der Waals surface area contributed by atoms with E-state index in [1.165, 1.54) is 36.9 Å². The van der Waals surface area contributed by atoms with Crippen molar-refractivity contribution in [2.45, 2.75) is 66.2 Å². The fraction of sp³-hybridized carbons (Fsp3) is 0.700. The molecular weight excluding hydrogens is 254 g/mol. The fourth-order valence-electron chi connectivity index (χ4n) is 3.50. The molecule has 0 spiro atoms. The topological polar surface area (TPSA) is 12.0 Å². The van der Waals surface area contributed by atoms with Crippen molar-refractivity contribution in [3.05, 3.63) is 29.8 Å². The lowest BCUT2D eigenvalue weighted by Gasteiger charge is -2.37. The SMILES string of the molecule is CC(C)c1cccc(NCC2CCC(C(C)(C)C)CC2)c1. The van der Waals surface area contributed by atoms with Crippen LogP contribution in [0.2, 0.25) is 0 Å². The van der Waals surface area contributed by atoms with Crippen LogP contribution in [0.5, 0.6) is 0 Å². The van der Waals surface area contributed by atoms with E-state index >= 15 is 0 Å². The molecule has 1 heteroatoms. The summed E-state index contributed by atoms with van der Waals surface area (Å²) < 4.78 is 0. The lowest BCUT2D eigenvalue weighted by molar-refractivity contribution is 0.153. The summed E-state index contributed by atoms with van der Waals surface area (Å²) in [6, 6.07) is 8.91. The molecule has 1 aliphatic rings. The van der Waals surface area contributed by atoms with E-state index in [9.17, 15) is 0 Å². The molecule has 1 aromatic carbocycles. The van der Waals surface area contributed by atoms with E-state index < -0.39 is 0 Å². The Hall–Kier alpha value is -0.980. The zero-order chi connectivity index (χ0) is 15.5. The van der Waals surface area contributed by atoms with E-state index in [0.29, 0.717) is 11.3 Å². The van der Waals surface area contributed by atoms with E-state index in [0.717, 1.165) is 18.4 Å². The van der Waals surface area contributed by atoms with Crippen LogP contribution in [-0.4, -0.2) is 6.54 Å². The minimum absolute atomic E-state index is 0.490. The van der Waals surface area contributed by atoms with Gasteiger partial charge in [0.05, 0.1) is 0 Å². The monoisotopic (exact) mass is 287 g/mol. The third-order valence-electron chi connectivity index (χ3n) is 5.22. The number of nitrogens with one attached hydrogen (secondary N) is 1. The Labute approximate surface area is 131 Å². The molecule has 0 atom stereocenters. The average molecular weight is 287 g/mol. The van der Waals surface area contributed by atoms with Crippen LogP contribution >= 0.6 is 0 Å². The highest BCUT2D eigenvalue weighted by molar-refractivity contribution is 5.46. The van der Waals surface area contributed by atoms with E-state index in [4.69, 9.17) is 0 Å². The number of hydrogen-bond acceptors (Lipinski definition) is 1. The number of benzene rings is 1. The van der Waals surface area contributed by atoms with E-state index in [1.807, 2.05) is 0 Å². The molecule has 0 aliphatic heterocycles. The van der Waals surface area contributed by atoms with Crippen LogP contribution in [-0.2, 0) is 0 Å². The largest absolute Gasteiger partial charge is 0.385 e. The molecule has 2 rings (SSSR count). The number of rotatable bonds is 4. The van der Waals surface area contributed by atoms with Crippen molar-refractivity contribution in [1.82, 2.24) is 0 Å². The summed E-state index contributed by atoms with van der Waals surface area (Å²) in [5, 5.41) is 3.66. The van der Waals surface area contributed by atoms with Crippen molar-refractivity contribution in [2.75, 3.05) is 11.9 Å². The third kappa shape index (κ3) is 4.76. The van der Waals surface area contributed by atoms with Crippen molar-refractivity contribution in [1.29, 1.82) is 0 Å². The molecule has 0 saturated heterocycles. The Bertz CT molecular complexity index is 433. The van der Waals surface area contributed by atoms with Gasteiger partial charge in [0.1, 0.15) is 0 Å². The van der Waals surface area contributed by atoms with E-state index in [1.54, 1.807) is 0 Å². The van der Waals surface area contributed by atoms with E-state index in [2.05, 4.69) is 64.2 Å². The van der Waals surface area contributed by atoms with Crippen molar-refractivity contribution in [3.63, 3.8) is 0 Å². The van der Waals surface area contributed by atoms with Gasteiger partial charge in [0.2, 0.25) is 0 Å². The first-order chi connectivity index (χ1) is 9.86. The van der Waals surface area contributed by atoms with Gasteiger partial charge < -0.3 is 5.32 Å². The first-order valence-electron chi connectivity index (χ1n) is 8.70. The lowest BCUT2D eigenvalue weighted by atomic mass is 9.70. The van der Waals surface area contributed by atoms with Crippen LogP contribution in [0.4, 0.5) is 5.69 Å². The first-order valence-corrected chi connectivity index (χ1v) is 8.70. The highest BCUT2D eigenvalue weighted by Crippen LogP contribution is 2.39. The molecule has 1 nitrogen and oxygen atoms in total. The van der Waals surface area contributed by atoms with Gasteiger partial charge in [-0.3, -0.25) is 0 Å². The second-order valence-electron chi connectivity index (χ2n) is 8.24. The van der Waals surface area contributed by atoms with Crippen LogP contribution in [0.15, 0.2) is 24.3 Å². The third-order valence-corrected chi connectivity index (χ3v) is 5.22. The Balaban J connectivity index is 1.81. The maximum atomic E-state index is 3.66. The molecule has 1 fully saturated rings. The molecule has 0 radical (unpaired) electrons. The summed E-state index contributed by atoms with van der Waals surface area (Å²) in [6.07, 6.45) is 5.58. The second-order valence-corrected chi connectivity index (χ2v) is 8.24. The van der Waals surface area contributed by atoms with Gasteiger partial charge in [-0.25, -0.2) is 0 Å². The predicted molar refractivity (Wildman–Crippen MR) is 93.9 cm³/mol. The molecular formula is C20H33N. The molecule has 118 valence electrons. The van der Waals surface area contributed by atoms with Gasteiger partial charge >= 0.3 is 0 Å². The minimum atomic E-state index is 0.490. The van der Waals surface area contributed by atoms with Crippen LogP contribution in [0.1, 0.15) is 71.8 Å². The zero-order valence-electron chi connectivity index (χ0n) is 14.6. The van der Waals surface area contributed by atoms with Gasteiger partial charge in [-0.1, -0.05) is 46.8 Å². The van der Waals surface area contributed by atoms with Crippen molar-refractivity contribution < 1.29 is 0 Å². The number of anilines is 1. The molecule has 1 aromatic rings. The molecule has 21 heavy (non-hydrogen) atoms. The van der Waals surface area contributed by atoms with Crippen LogP contribution in [0.25, 0.3) is 0 Å². The highest BCUT2D eigenvalue weighted by atomic mass is 14.9. The summed E-state index contributed by atoms with van der Waals surface area (Å²) in [4.78, 5) is 0. The Morgan fingerprint density at radius 3 is 2.33 bits per heavy atom. The highest BCUT2D eigenvalue weighted by Gasteiger charge is 2.29. The maximum Gasteiger partial charge on any atom is 0.0343 e. The van der Waals surface area contributed by atoms with Crippen LogP contribution < -0.4 is 5.32 Å². The molecule has 0 heterocycles. The second kappa shape index (κ2) is 6.85. The molecule has 1 aliphatic carbocycles. The Morgan fingerprint density at radius 2 is 1.76 bits per heavy atom. The zero-order valence-corrected chi connectivity index (χ0v) is 14.6. The standard InChI is InChI=1S/C20H33N/c1-15(2)17-7-6-8-19(13-17)21-14-16-9-11-18(12-10-16)20(3,4)5/h6-8,13,15-16,18,21H,9-12,14H2,1-5H3. The molecule has 1 N–H and O–H groups in total. The molecule has 0 aromatic heterocycles. The van der Waals surface area contributed by atoms with Gasteiger partial charge in [0, 0.05) is 12.2 Å². The Morgan fingerprint density at radius 1 is 1.10 bits per heavy atom. The average Bonchev–Trinajstić information content (AvgIpc) is 2.45. The normalized spacial score (nSPS) is 23.3. The van der Waals surface area contributed by atoms with Crippen molar-refractivity contribution >= 4 is 5.69 Å². The minimum Gasteiger partial charge on any atom is -0.385 e. The van der Waals surface area contributed by atoms with Crippen molar-refractivity contribution in [2.24, 2.45) is 17.3 Å². The first kappa shape index (κ1) is 16.4. The van der Waals surface area contributed by atoms with Crippen molar-refractivity contribution in [3.8, 4) is 0 Å². The van der Waals surface area contributed by atoms with Gasteiger partial charge in [-0.2, -0.15) is 0 Å². The summed E-state index contributed by atoms with van der Waals surface area (Å²) in [5.74, 6) is 2.37. The summed E-state index contributed by atoms with van der Waals surface area (Å²) in [5.41, 5.74) is 3.21. The molecule has 0 bridgehead atoms. The Kier molecular flexibility index (Phi) is 5.35. The van der Waals surface area contributed by atoms with E-state index in [-0.39, 0.29) is 0 Å². The fourth-order valence-corrected chi connectivity index (χ4v) is 3.50. The van der Waals surface area contributed by atoms with Gasteiger partial charge in [0.25, 0.3) is 0 Å². The van der Waals surface area contributed by atoms with Gasteiger partial charge in [0.15, 0.2) is 0 Å². The molecule has 0 unspecified atom stereocenters. The quantitative estimate of drug-likeness (QED) is 0.708. The van der Waals surface area contributed by atoms with Crippen LogP contribution in [0, 0.1) is 17.3 Å². The smallest absolute Gasteiger partial charge is 0.0343 e. The van der Waals surface area contributed by atoms with Gasteiger partial charge in [-0.05, 0) is 66.5 Å². The molecule has 0 amide bonds. The maximum absolute atomic E-state index is 3.66. The predicted octanol–water partition coefficient (Wildman–Crippen LogP) is 6.07. The summed E-state index contributed by atoms with van der Waals surface area (Å²) in [7, 11) is 0. The molecule has 1 saturated carbocycles. The van der Waals surface area contributed by atoms with Crippen LogP contribution in [0.3, 0.4) is 0 Å². The number of hydrogen-bond donors (Lipinski definition) is 1. The summed E-state index contributed by atoms with van der Waals surface area (Å²) in [6.45, 7) is 12.8.